The van der Waals surface area contributed by atoms with Crippen molar-refractivity contribution in [2.24, 2.45) is 0 Å². The van der Waals surface area contributed by atoms with Gasteiger partial charge in [0.25, 0.3) is 5.22 Å². The van der Waals surface area contributed by atoms with E-state index in [1.54, 1.807) is 35.5 Å². The molecule has 9 heteroatoms. The van der Waals surface area contributed by atoms with Crippen molar-refractivity contribution in [3.8, 4) is 11.5 Å². The summed E-state index contributed by atoms with van der Waals surface area (Å²) in [6.07, 6.45) is 5.36. The zero-order valence-corrected chi connectivity index (χ0v) is 17.4. The summed E-state index contributed by atoms with van der Waals surface area (Å²) in [6, 6.07) is 8.00. The van der Waals surface area contributed by atoms with E-state index in [-0.39, 0.29) is 0 Å². The summed E-state index contributed by atoms with van der Waals surface area (Å²) in [5.41, 5.74) is 0.893. The number of hydrogen-bond acceptors (Lipinski definition) is 9. The quantitative estimate of drug-likeness (QED) is 0.434. The second-order valence-corrected chi connectivity index (χ2v) is 8.75. The van der Waals surface area contributed by atoms with Gasteiger partial charge in [0.2, 0.25) is 5.89 Å². The van der Waals surface area contributed by atoms with E-state index in [0.29, 0.717) is 11.1 Å². The Morgan fingerprint density at radius 3 is 2.72 bits per heavy atom. The van der Waals surface area contributed by atoms with Gasteiger partial charge in [0.1, 0.15) is 5.82 Å². The van der Waals surface area contributed by atoms with Crippen LogP contribution in [0.2, 0.25) is 0 Å². The van der Waals surface area contributed by atoms with Gasteiger partial charge >= 0.3 is 0 Å². The zero-order valence-electron chi connectivity index (χ0n) is 15.8. The van der Waals surface area contributed by atoms with Crippen LogP contribution in [0.3, 0.4) is 0 Å². The fourth-order valence-corrected chi connectivity index (χ4v) is 4.99. The standard InChI is InChI=1S/C20H20N6OS2/c1-5-21-6-2-15(1)19-23-24-20(27-19)29-14-12-25-8-10-26(11-9-25)18-16-4-13-28-17(16)3-7-22-18/h1-7,13H,8-12,14H2. The van der Waals surface area contributed by atoms with Crippen molar-refractivity contribution in [2.75, 3.05) is 43.4 Å². The Morgan fingerprint density at radius 1 is 1.00 bits per heavy atom. The van der Waals surface area contributed by atoms with E-state index in [1.165, 1.54) is 10.1 Å². The molecule has 0 aliphatic carbocycles. The van der Waals surface area contributed by atoms with Crippen molar-refractivity contribution in [1.82, 2.24) is 25.1 Å². The van der Waals surface area contributed by atoms with Gasteiger partial charge in [-0.3, -0.25) is 9.88 Å². The molecule has 0 bridgehead atoms. The normalized spacial score (nSPS) is 15.2. The summed E-state index contributed by atoms with van der Waals surface area (Å²) in [5, 5.41) is 12.3. The molecule has 0 amide bonds. The Morgan fingerprint density at radius 2 is 1.86 bits per heavy atom. The van der Waals surface area contributed by atoms with Crippen LogP contribution >= 0.6 is 23.1 Å². The first-order chi connectivity index (χ1) is 14.4. The maximum atomic E-state index is 5.75. The Hall–Kier alpha value is -2.49. The first-order valence-corrected chi connectivity index (χ1v) is 11.4. The number of aromatic nitrogens is 4. The number of rotatable bonds is 6. The second kappa shape index (κ2) is 8.48. The first kappa shape index (κ1) is 18.5. The number of piperazine rings is 1. The SMILES string of the molecule is c1cc(-c2nnc(SCCN3CCN(c4nccc5sccc45)CC3)o2)ccn1. The van der Waals surface area contributed by atoms with Gasteiger partial charge in [0, 0.05) is 72.7 Å². The molecule has 0 aromatic carbocycles. The van der Waals surface area contributed by atoms with Gasteiger partial charge in [-0.15, -0.1) is 21.5 Å². The van der Waals surface area contributed by atoms with Crippen LogP contribution in [0, 0.1) is 0 Å². The molecule has 0 spiro atoms. The largest absolute Gasteiger partial charge is 0.411 e. The van der Waals surface area contributed by atoms with Gasteiger partial charge in [0.05, 0.1) is 0 Å². The second-order valence-electron chi connectivity index (χ2n) is 6.75. The molecule has 0 saturated carbocycles. The molecular formula is C20H20N6OS2. The summed E-state index contributed by atoms with van der Waals surface area (Å²) in [7, 11) is 0. The molecule has 1 saturated heterocycles. The Bertz CT molecular complexity index is 1070. The van der Waals surface area contributed by atoms with Crippen LogP contribution in [0.5, 0.6) is 0 Å². The number of nitrogens with zero attached hydrogens (tertiary/aromatic N) is 6. The molecule has 0 radical (unpaired) electrons. The molecule has 0 atom stereocenters. The fourth-order valence-electron chi connectivity index (χ4n) is 3.46. The van der Waals surface area contributed by atoms with Gasteiger partial charge in [-0.25, -0.2) is 4.98 Å². The highest BCUT2D eigenvalue weighted by Crippen LogP contribution is 2.29. The van der Waals surface area contributed by atoms with Gasteiger partial charge < -0.3 is 9.32 Å². The Balaban J connectivity index is 1.11. The van der Waals surface area contributed by atoms with E-state index in [4.69, 9.17) is 4.42 Å². The van der Waals surface area contributed by atoms with E-state index >= 15 is 0 Å². The highest BCUT2D eigenvalue weighted by molar-refractivity contribution is 7.99. The molecule has 7 nitrogen and oxygen atoms in total. The first-order valence-electron chi connectivity index (χ1n) is 9.53. The lowest BCUT2D eigenvalue weighted by molar-refractivity contribution is 0.272. The van der Waals surface area contributed by atoms with Crippen molar-refractivity contribution >= 4 is 39.0 Å². The number of fused-ring (bicyclic) bond motifs is 1. The number of anilines is 1. The number of thiophene rings is 1. The lowest BCUT2D eigenvalue weighted by Crippen LogP contribution is -2.47. The molecule has 4 aromatic rings. The smallest absolute Gasteiger partial charge is 0.276 e. The van der Waals surface area contributed by atoms with E-state index in [1.807, 2.05) is 18.3 Å². The predicted molar refractivity (Wildman–Crippen MR) is 117 cm³/mol. The summed E-state index contributed by atoms with van der Waals surface area (Å²) in [4.78, 5) is 13.5. The van der Waals surface area contributed by atoms with Crippen molar-refractivity contribution in [3.05, 3.63) is 48.2 Å². The molecule has 0 unspecified atom stereocenters. The maximum Gasteiger partial charge on any atom is 0.276 e. The van der Waals surface area contributed by atoms with Crippen LogP contribution in [-0.4, -0.2) is 63.5 Å². The topological polar surface area (TPSA) is 71.2 Å². The zero-order chi connectivity index (χ0) is 19.5. The fraction of sp³-hybridized carbons (Fsp3) is 0.300. The van der Waals surface area contributed by atoms with Gasteiger partial charge in [-0.1, -0.05) is 11.8 Å². The third kappa shape index (κ3) is 4.12. The molecule has 148 valence electrons. The van der Waals surface area contributed by atoms with Crippen LogP contribution < -0.4 is 4.90 Å². The van der Waals surface area contributed by atoms with Crippen LogP contribution in [0.1, 0.15) is 0 Å². The molecule has 5 rings (SSSR count). The molecule has 1 aliphatic rings. The van der Waals surface area contributed by atoms with Crippen molar-refractivity contribution in [1.29, 1.82) is 0 Å². The average molecular weight is 425 g/mol. The molecule has 1 aliphatic heterocycles. The van der Waals surface area contributed by atoms with Crippen molar-refractivity contribution in [2.45, 2.75) is 5.22 Å². The minimum Gasteiger partial charge on any atom is -0.411 e. The van der Waals surface area contributed by atoms with E-state index in [2.05, 4.69) is 47.5 Å². The highest BCUT2D eigenvalue weighted by atomic mass is 32.2. The van der Waals surface area contributed by atoms with E-state index in [9.17, 15) is 0 Å². The molecule has 1 fully saturated rings. The van der Waals surface area contributed by atoms with Crippen molar-refractivity contribution < 1.29 is 4.42 Å². The monoisotopic (exact) mass is 424 g/mol. The molecule has 5 heterocycles. The molecule has 29 heavy (non-hydrogen) atoms. The van der Waals surface area contributed by atoms with Crippen LogP contribution in [0.15, 0.2) is 57.9 Å². The predicted octanol–water partition coefficient (Wildman–Crippen LogP) is 3.66. The Labute approximate surface area is 176 Å². The number of pyridine rings is 2. The third-order valence-corrected chi connectivity index (χ3v) is 6.68. The highest BCUT2D eigenvalue weighted by Gasteiger charge is 2.20. The minimum absolute atomic E-state index is 0.540. The summed E-state index contributed by atoms with van der Waals surface area (Å²) in [6.45, 7) is 5.07. The van der Waals surface area contributed by atoms with E-state index < -0.39 is 0 Å². The molecular weight excluding hydrogens is 404 g/mol. The average Bonchev–Trinajstić information content (AvgIpc) is 3.44. The van der Waals surface area contributed by atoms with Gasteiger partial charge in [-0.2, -0.15) is 0 Å². The lowest BCUT2D eigenvalue weighted by atomic mass is 10.2. The summed E-state index contributed by atoms with van der Waals surface area (Å²) < 4.78 is 7.05. The number of thioether (sulfide) groups is 1. The lowest BCUT2D eigenvalue weighted by Gasteiger charge is -2.35. The summed E-state index contributed by atoms with van der Waals surface area (Å²) >= 11 is 3.38. The van der Waals surface area contributed by atoms with Crippen LogP contribution in [-0.2, 0) is 0 Å². The molecule has 4 aromatic heterocycles. The van der Waals surface area contributed by atoms with Gasteiger partial charge in [0.15, 0.2) is 0 Å². The Kier molecular flexibility index (Phi) is 5.42. The molecule has 0 N–H and O–H groups in total. The third-order valence-electron chi connectivity index (χ3n) is 5.00. The van der Waals surface area contributed by atoms with Crippen LogP contribution in [0.25, 0.3) is 21.5 Å². The summed E-state index contributed by atoms with van der Waals surface area (Å²) in [5.74, 6) is 2.59. The number of hydrogen-bond donors (Lipinski definition) is 0. The van der Waals surface area contributed by atoms with Crippen molar-refractivity contribution in [3.63, 3.8) is 0 Å². The van der Waals surface area contributed by atoms with E-state index in [0.717, 1.165) is 49.9 Å². The van der Waals surface area contributed by atoms with Gasteiger partial charge in [-0.05, 0) is 29.6 Å². The minimum atomic E-state index is 0.540. The van der Waals surface area contributed by atoms with Crippen LogP contribution in [0.4, 0.5) is 5.82 Å². The maximum absolute atomic E-state index is 5.75.